The molecule has 1 aromatic carbocycles. The van der Waals surface area contributed by atoms with Crippen LogP contribution >= 0.6 is 11.6 Å². The van der Waals surface area contributed by atoms with Gasteiger partial charge in [-0.25, -0.2) is 9.97 Å². The Bertz CT molecular complexity index is 1110. The van der Waals surface area contributed by atoms with Gasteiger partial charge < -0.3 is 18.8 Å². The second-order valence-corrected chi connectivity index (χ2v) is 10.0. The number of halogens is 1. The molecule has 182 valence electrons. The monoisotopic (exact) mass is 506 g/mol. The molecule has 1 aliphatic rings. The van der Waals surface area contributed by atoms with Gasteiger partial charge in [-0.15, -0.1) is 10.2 Å². The lowest BCUT2D eigenvalue weighted by Crippen LogP contribution is -2.37. The third-order valence-electron chi connectivity index (χ3n) is 6.03. The molecule has 2 aromatic heterocycles. The van der Waals surface area contributed by atoms with Crippen molar-refractivity contribution in [1.29, 1.82) is 0 Å². The van der Waals surface area contributed by atoms with Gasteiger partial charge in [0.15, 0.2) is 0 Å². The topological polar surface area (TPSA) is 119 Å². The largest absolute Gasteiger partial charge is 0.593 e. The van der Waals surface area contributed by atoms with Gasteiger partial charge in [-0.2, -0.15) is 4.72 Å². The molecule has 34 heavy (non-hydrogen) atoms. The summed E-state index contributed by atoms with van der Waals surface area (Å²) >= 11 is 4.36. The minimum Gasteiger partial charge on any atom is -0.593 e. The number of hydrogen-bond donors (Lipinski definition) is 1. The first-order valence-electron chi connectivity index (χ1n) is 10.8. The van der Waals surface area contributed by atoms with Crippen LogP contribution in [0.25, 0.3) is 5.69 Å². The number of nitrogens with zero attached hydrogens (tertiary/aromatic N) is 5. The Labute approximate surface area is 206 Å². The number of benzene rings is 1. The molecule has 12 heteroatoms. The molecule has 3 heterocycles. The van der Waals surface area contributed by atoms with E-state index < -0.39 is 11.4 Å². The fourth-order valence-electron chi connectivity index (χ4n) is 3.68. The molecule has 0 aliphatic carbocycles. The Morgan fingerprint density at radius 1 is 1.18 bits per heavy atom. The SMILES string of the molecule is COc1cccc(OC)c1-n1c(N[S+]([O-])C(C)C(C)c2ncc(Cl)cn2)nnc1C1CO[C@H]1C. The van der Waals surface area contributed by atoms with Gasteiger partial charge in [0.05, 0.1) is 55.2 Å². The molecule has 0 bridgehead atoms. The first kappa shape index (κ1) is 24.5. The van der Waals surface area contributed by atoms with Crippen molar-refractivity contribution in [3.05, 3.63) is 47.3 Å². The average Bonchev–Trinajstić information content (AvgIpc) is 3.23. The molecule has 1 saturated heterocycles. The van der Waals surface area contributed by atoms with E-state index in [0.29, 0.717) is 46.4 Å². The number of nitrogens with one attached hydrogen (secondary N) is 1. The van der Waals surface area contributed by atoms with E-state index in [-0.39, 0.29) is 23.2 Å². The van der Waals surface area contributed by atoms with Crippen LogP contribution in [0.5, 0.6) is 11.5 Å². The maximum atomic E-state index is 13.4. The second-order valence-electron chi connectivity index (χ2n) is 8.03. The van der Waals surface area contributed by atoms with Crippen LogP contribution in [0.1, 0.15) is 44.3 Å². The van der Waals surface area contributed by atoms with Crippen molar-refractivity contribution in [1.82, 2.24) is 24.7 Å². The lowest BCUT2D eigenvalue weighted by atomic mass is 9.98. The standard InChI is InChI=1S/C22H27ClN6O4S/c1-12(20-24-9-15(23)10-25-20)14(3)34(30)28-22-27-26-21(16-11-33-13(16)2)29(22)19-17(31-4)7-6-8-18(19)32-5/h6-10,12-14,16H,11H2,1-5H3,(H,27,28)/t12?,13-,14?,16?,34?/m0/s1. The molecule has 5 atom stereocenters. The van der Waals surface area contributed by atoms with Crippen LogP contribution in [0.4, 0.5) is 5.95 Å². The van der Waals surface area contributed by atoms with Gasteiger partial charge in [0.25, 0.3) is 5.95 Å². The quantitative estimate of drug-likeness (QED) is 0.435. The Morgan fingerprint density at radius 3 is 2.35 bits per heavy atom. The van der Waals surface area contributed by atoms with Crippen molar-refractivity contribution in [3.63, 3.8) is 0 Å². The van der Waals surface area contributed by atoms with Crippen LogP contribution in [-0.2, 0) is 16.1 Å². The zero-order valence-electron chi connectivity index (χ0n) is 19.6. The lowest BCUT2D eigenvalue weighted by molar-refractivity contribution is -0.0680. The summed E-state index contributed by atoms with van der Waals surface area (Å²) < 4.78 is 35.0. The van der Waals surface area contributed by atoms with E-state index >= 15 is 0 Å². The molecular formula is C22H27ClN6O4S. The van der Waals surface area contributed by atoms with Crippen LogP contribution in [0.2, 0.25) is 5.02 Å². The van der Waals surface area contributed by atoms with E-state index in [2.05, 4.69) is 24.9 Å². The van der Waals surface area contributed by atoms with Gasteiger partial charge in [0.2, 0.25) is 0 Å². The summed E-state index contributed by atoms with van der Waals surface area (Å²) in [5.41, 5.74) is 0.618. The second kappa shape index (κ2) is 10.3. The number of methoxy groups -OCH3 is 2. The summed E-state index contributed by atoms with van der Waals surface area (Å²) in [5, 5.41) is 8.87. The Balaban J connectivity index is 1.70. The summed E-state index contributed by atoms with van der Waals surface area (Å²) in [6.45, 7) is 6.27. The van der Waals surface area contributed by atoms with Crippen molar-refractivity contribution in [2.24, 2.45) is 0 Å². The predicted octanol–water partition coefficient (Wildman–Crippen LogP) is 3.50. The van der Waals surface area contributed by atoms with Crippen molar-refractivity contribution in [3.8, 4) is 17.2 Å². The van der Waals surface area contributed by atoms with Crippen LogP contribution in [0, 0.1) is 0 Å². The molecule has 10 nitrogen and oxygen atoms in total. The van der Waals surface area contributed by atoms with Gasteiger partial charge in [-0.05, 0) is 26.0 Å². The minimum atomic E-state index is -1.54. The van der Waals surface area contributed by atoms with E-state index in [1.54, 1.807) is 18.8 Å². The van der Waals surface area contributed by atoms with E-state index in [1.165, 1.54) is 12.4 Å². The number of ether oxygens (including phenoxy) is 3. The highest BCUT2D eigenvalue weighted by atomic mass is 35.5. The number of hydrogen-bond acceptors (Lipinski definition) is 9. The smallest absolute Gasteiger partial charge is 0.271 e. The van der Waals surface area contributed by atoms with Crippen molar-refractivity contribution < 1.29 is 18.8 Å². The summed E-state index contributed by atoms with van der Waals surface area (Å²) in [5.74, 6) is 2.48. The molecule has 0 radical (unpaired) electrons. The highest BCUT2D eigenvalue weighted by Gasteiger charge is 2.38. The molecular weight excluding hydrogens is 480 g/mol. The van der Waals surface area contributed by atoms with Gasteiger partial charge in [0, 0.05) is 12.4 Å². The summed E-state index contributed by atoms with van der Waals surface area (Å²) in [6.07, 6.45) is 3.03. The van der Waals surface area contributed by atoms with E-state index in [0.717, 1.165) is 0 Å². The number of rotatable bonds is 9. The summed E-state index contributed by atoms with van der Waals surface area (Å²) in [6, 6.07) is 5.48. The Hall–Kier alpha value is -2.60. The highest BCUT2D eigenvalue weighted by molar-refractivity contribution is 7.93. The fraction of sp³-hybridized carbons (Fsp3) is 0.455. The van der Waals surface area contributed by atoms with Crippen LogP contribution < -0.4 is 14.2 Å². The number of para-hydroxylation sites is 1. The zero-order chi connectivity index (χ0) is 24.4. The van der Waals surface area contributed by atoms with Crippen LogP contribution in [0.15, 0.2) is 30.6 Å². The lowest BCUT2D eigenvalue weighted by Gasteiger charge is -2.33. The predicted molar refractivity (Wildman–Crippen MR) is 129 cm³/mol. The van der Waals surface area contributed by atoms with Gasteiger partial charge >= 0.3 is 0 Å². The molecule has 0 saturated carbocycles. The van der Waals surface area contributed by atoms with Crippen LogP contribution in [-0.4, -0.2) is 61.5 Å². The first-order valence-corrected chi connectivity index (χ1v) is 12.4. The Kier molecular flexibility index (Phi) is 7.46. The maximum absolute atomic E-state index is 13.4. The Morgan fingerprint density at radius 2 is 1.82 bits per heavy atom. The molecule has 1 fully saturated rings. The average molecular weight is 507 g/mol. The van der Waals surface area contributed by atoms with E-state index in [4.69, 9.17) is 25.8 Å². The van der Waals surface area contributed by atoms with Crippen molar-refractivity contribution in [2.75, 3.05) is 25.5 Å². The number of anilines is 1. The molecule has 4 unspecified atom stereocenters. The van der Waals surface area contributed by atoms with Crippen LogP contribution in [0.3, 0.4) is 0 Å². The zero-order valence-corrected chi connectivity index (χ0v) is 21.1. The van der Waals surface area contributed by atoms with E-state index in [1.807, 2.05) is 39.0 Å². The molecule has 3 aromatic rings. The minimum absolute atomic E-state index is 0.0184. The van der Waals surface area contributed by atoms with E-state index in [9.17, 15) is 4.55 Å². The highest BCUT2D eigenvalue weighted by Crippen LogP contribution is 2.39. The normalized spacial score (nSPS) is 20.2. The third kappa shape index (κ3) is 4.65. The van der Waals surface area contributed by atoms with Gasteiger partial charge in [-0.3, -0.25) is 4.57 Å². The number of aromatic nitrogens is 5. The molecule has 1 aliphatic heterocycles. The van der Waals surface area contributed by atoms with Gasteiger partial charge in [0.1, 0.15) is 34.1 Å². The molecule has 1 N–H and O–H groups in total. The van der Waals surface area contributed by atoms with Crippen molar-refractivity contribution in [2.45, 2.75) is 44.0 Å². The summed E-state index contributed by atoms with van der Waals surface area (Å²) in [7, 11) is 3.16. The van der Waals surface area contributed by atoms with Gasteiger partial charge in [-0.1, -0.05) is 24.6 Å². The molecule has 0 amide bonds. The fourth-order valence-corrected chi connectivity index (χ4v) is 4.77. The summed E-state index contributed by atoms with van der Waals surface area (Å²) in [4.78, 5) is 8.54. The first-order chi connectivity index (χ1) is 16.3. The third-order valence-corrected chi connectivity index (χ3v) is 7.69. The molecule has 0 spiro atoms. The van der Waals surface area contributed by atoms with Crippen molar-refractivity contribution >= 4 is 28.9 Å². The molecule has 4 rings (SSSR count). The maximum Gasteiger partial charge on any atom is 0.271 e.